The zero-order chi connectivity index (χ0) is 23.3. The van der Waals surface area contributed by atoms with E-state index in [-0.39, 0.29) is 12.4 Å². The molecule has 0 radical (unpaired) electrons. The van der Waals surface area contributed by atoms with Gasteiger partial charge in [-0.25, -0.2) is 14.4 Å². The van der Waals surface area contributed by atoms with Crippen molar-refractivity contribution in [3.63, 3.8) is 0 Å². The summed E-state index contributed by atoms with van der Waals surface area (Å²) in [5, 5.41) is 11.5. The SMILES string of the molecule is Fc1cccc(COc2ccc(Nc3ncnc4[nH]nc(OCCN5CCCC5)c34)cc2Cl)c1. The second-order valence-corrected chi connectivity index (χ2v) is 8.47. The van der Waals surface area contributed by atoms with Gasteiger partial charge in [0.25, 0.3) is 0 Å². The van der Waals surface area contributed by atoms with Crippen LogP contribution in [0.5, 0.6) is 11.6 Å². The zero-order valence-corrected chi connectivity index (χ0v) is 19.2. The first-order chi connectivity index (χ1) is 16.7. The van der Waals surface area contributed by atoms with Crippen LogP contribution in [0.15, 0.2) is 48.8 Å². The molecular formula is C24H24ClFN6O2. The summed E-state index contributed by atoms with van der Waals surface area (Å²) < 4.78 is 25.1. The first kappa shape index (κ1) is 22.4. The van der Waals surface area contributed by atoms with E-state index in [1.54, 1.807) is 24.3 Å². The molecule has 0 bridgehead atoms. The van der Waals surface area contributed by atoms with Crippen LogP contribution in [0, 0.1) is 5.82 Å². The maximum Gasteiger partial charge on any atom is 0.246 e. The highest BCUT2D eigenvalue weighted by molar-refractivity contribution is 6.32. The van der Waals surface area contributed by atoms with Crippen molar-refractivity contribution in [3.05, 3.63) is 65.2 Å². The Kier molecular flexibility index (Phi) is 6.73. The summed E-state index contributed by atoms with van der Waals surface area (Å²) >= 11 is 6.43. The van der Waals surface area contributed by atoms with Gasteiger partial charge >= 0.3 is 0 Å². The van der Waals surface area contributed by atoms with Crippen molar-refractivity contribution in [1.29, 1.82) is 0 Å². The lowest BCUT2D eigenvalue weighted by Gasteiger charge is -2.14. The minimum Gasteiger partial charge on any atom is -0.487 e. The smallest absolute Gasteiger partial charge is 0.246 e. The molecule has 0 unspecified atom stereocenters. The van der Waals surface area contributed by atoms with E-state index in [1.807, 2.05) is 6.07 Å². The van der Waals surface area contributed by atoms with Crippen molar-refractivity contribution in [2.75, 3.05) is 31.6 Å². The predicted molar refractivity (Wildman–Crippen MR) is 128 cm³/mol. The summed E-state index contributed by atoms with van der Waals surface area (Å²) in [6, 6.07) is 11.6. The third kappa shape index (κ3) is 5.21. The number of hydrogen-bond donors (Lipinski definition) is 2. The van der Waals surface area contributed by atoms with E-state index in [0.717, 1.165) is 25.2 Å². The Morgan fingerprint density at radius 1 is 1.09 bits per heavy atom. The zero-order valence-electron chi connectivity index (χ0n) is 18.4. The number of ether oxygens (including phenoxy) is 2. The van der Waals surface area contributed by atoms with Crippen LogP contribution in [0.1, 0.15) is 18.4 Å². The van der Waals surface area contributed by atoms with Gasteiger partial charge in [-0.05, 0) is 61.8 Å². The highest BCUT2D eigenvalue weighted by atomic mass is 35.5. The maximum atomic E-state index is 13.4. The summed E-state index contributed by atoms with van der Waals surface area (Å²) in [6.07, 6.45) is 3.93. The van der Waals surface area contributed by atoms with Crippen molar-refractivity contribution >= 4 is 34.1 Å². The first-order valence-corrected chi connectivity index (χ1v) is 11.5. The predicted octanol–water partition coefficient (Wildman–Crippen LogP) is 4.94. The van der Waals surface area contributed by atoms with Crippen LogP contribution in [0.3, 0.4) is 0 Å². The highest BCUT2D eigenvalue weighted by Gasteiger charge is 2.16. The molecule has 176 valence electrons. The Morgan fingerprint density at radius 3 is 2.79 bits per heavy atom. The van der Waals surface area contributed by atoms with Gasteiger partial charge in [-0.3, -0.25) is 10.00 Å². The lowest BCUT2D eigenvalue weighted by atomic mass is 10.2. The third-order valence-corrected chi connectivity index (χ3v) is 5.94. The molecule has 34 heavy (non-hydrogen) atoms. The largest absolute Gasteiger partial charge is 0.487 e. The molecule has 8 nitrogen and oxygen atoms in total. The number of aromatic nitrogens is 4. The fourth-order valence-electron chi connectivity index (χ4n) is 3.93. The van der Waals surface area contributed by atoms with Gasteiger partial charge in [0.15, 0.2) is 5.65 Å². The molecule has 5 rings (SSSR count). The number of hydrogen-bond acceptors (Lipinski definition) is 7. The molecule has 0 saturated carbocycles. The molecule has 1 aliphatic heterocycles. The Hall–Kier alpha value is -3.43. The number of nitrogens with zero attached hydrogens (tertiary/aromatic N) is 4. The van der Waals surface area contributed by atoms with Crippen molar-refractivity contribution in [2.24, 2.45) is 0 Å². The van der Waals surface area contributed by atoms with Gasteiger partial charge in [-0.1, -0.05) is 23.7 Å². The van der Waals surface area contributed by atoms with Crippen LogP contribution in [0.25, 0.3) is 11.0 Å². The molecule has 1 saturated heterocycles. The fourth-order valence-corrected chi connectivity index (χ4v) is 4.16. The number of likely N-dealkylation sites (tertiary alicyclic amines) is 1. The molecule has 1 aliphatic rings. The minimum absolute atomic E-state index is 0.212. The molecule has 0 atom stereocenters. The summed E-state index contributed by atoms with van der Waals surface area (Å²) in [5.41, 5.74) is 2.01. The lowest BCUT2D eigenvalue weighted by Crippen LogP contribution is -2.25. The molecule has 2 aromatic carbocycles. The number of nitrogens with one attached hydrogen (secondary N) is 2. The topological polar surface area (TPSA) is 88.2 Å². The second-order valence-electron chi connectivity index (χ2n) is 8.06. The fraction of sp³-hybridized carbons (Fsp3) is 0.292. The normalized spacial score (nSPS) is 13.9. The molecule has 0 amide bonds. The third-order valence-electron chi connectivity index (χ3n) is 5.65. The van der Waals surface area contributed by atoms with Gasteiger partial charge in [0, 0.05) is 12.2 Å². The molecule has 1 fully saturated rings. The van der Waals surface area contributed by atoms with Gasteiger partial charge in [0.2, 0.25) is 5.88 Å². The van der Waals surface area contributed by atoms with Crippen LogP contribution in [0.4, 0.5) is 15.9 Å². The molecule has 4 aromatic rings. The van der Waals surface area contributed by atoms with Crippen LogP contribution >= 0.6 is 11.6 Å². The summed E-state index contributed by atoms with van der Waals surface area (Å²) in [7, 11) is 0. The molecule has 0 aliphatic carbocycles. The van der Waals surface area contributed by atoms with Crippen LogP contribution in [-0.4, -0.2) is 51.3 Å². The Balaban J connectivity index is 1.27. The highest BCUT2D eigenvalue weighted by Crippen LogP contribution is 2.33. The van der Waals surface area contributed by atoms with E-state index in [9.17, 15) is 4.39 Å². The van der Waals surface area contributed by atoms with Crippen LogP contribution in [0.2, 0.25) is 5.02 Å². The van der Waals surface area contributed by atoms with E-state index in [1.165, 1.54) is 31.3 Å². The lowest BCUT2D eigenvalue weighted by molar-refractivity contribution is 0.233. The minimum atomic E-state index is -0.304. The van der Waals surface area contributed by atoms with Gasteiger partial charge in [-0.2, -0.15) is 0 Å². The number of aromatic amines is 1. The van der Waals surface area contributed by atoms with Crippen molar-refractivity contribution < 1.29 is 13.9 Å². The summed E-state index contributed by atoms with van der Waals surface area (Å²) in [5.74, 6) is 1.21. The Labute approximate surface area is 201 Å². The number of anilines is 2. The monoisotopic (exact) mass is 482 g/mol. The van der Waals surface area contributed by atoms with Gasteiger partial charge in [0.1, 0.15) is 42.3 Å². The first-order valence-electron chi connectivity index (χ1n) is 11.1. The molecule has 2 N–H and O–H groups in total. The number of H-pyrrole nitrogens is 1. The van der Waals surface area contributed by atoms with Gasteiger partial charge in [-0.15, -0.1) is 5.10 Å². The number of benzene rings is 2. The van der Waals surface area contributed by atoms with E-state index in [4.69, 9.17) is 21.1 Å². The molecule has 0 spiro atoms. The molecular weight excluding hydrogens is 459 g/mol. The molecule has 2 aromatic heterocycles. The molecule has 10 heteroatoms. The summed E-state index contributed by atoms with van der Waals surface area (Å²) in [4.78, 5) is 11.0. The average molecular weight is 483 g/mol. The molecule has 3 heterocycles. The quantitative estimate of drug-likeness (QED) is 0.349. The Morgan fingerprint density at radius 2 is 1.97 bits per heavy atom. The number of halogens is 2. The van der Waals surface area contributed by atoms with E-state index >= 15 is 0 Å². The van der Waals surface area contributed by atoms with E-state index in [2.05, 4.69) is 30.4 Å². The average Bonchev–Trinajstić information content (AvgIpc) is 3.50. The number of fused-ring (bicyclic) bond motifs is 1. The maximum absolute atomic E-state index is 13.4. The van der Waals surface area contributed by atoms with E-state index in [0.29, 0.717) is 45.8 Å². The van der Waals surface area contributed by atoms with Crippen LogP contribution in [-0.2, 0) is 6.61 Å². The second kappa shape index (κ2) is 10.2. The Bertz CT molecular complexity index is 1280. The van der Waals surface area contributed by atoms with E-state index < -0.39 is 0 Å². The number of rotatable bonds is 9. The summed E-state index contributed by atoms with van der Waals surface area (Å²) in [6.45, 7) is 3.84. The van der Waals surface area contributed by atoms with Crippen molar-refractivity contribution in [1.82, 2.24) is 25.1 Å². The van der Waals surface area contributed by atoms with Crippen molar-refractivity contribution in [2.45, 2.75) is 19.4 Å². The van der Waals surface area contributed by atoms with Gasteiger partial charge < -0.3 is 14.8 Å². The van der Waals surface area contributed by atoms with Crippen LogP contribution < -0.4 is 14.8 Å². The standard InChI is InChI=1S/C24H24ClFN6O2/c25-19-13-18(6-7-20(19)34-14-16-4-3-5-17(26)12-16)29-22-21-23(28-15-27-22)30-31-24(21)33-11-10-32-8-1-2-9-32/h3-7,12-13,15H,1-2,8-11,14H2,(H2,27,28,29,30,31). The van der Waals surface area contributed by atoms with Crippen molar-refractivity contribution in [3.8, 4) is 11.6 Å². The van der Waals surface area contributed by atoms with Gasteiger partial charge in [0.05, 0.1) is 5.02 Å².